The summed E-state index contributed by atoms with van der Waals surface area (Å²) < 4.78 is 13.3. The molecule has 1 atom stereocenters. The molecule has 6 heteroatoms. The standard InChI is InChI=1S/C16H25FN4O/c1-4-20(5-2)16(22)12-19-9-10-21(13(3)11-19)15-8-6-7-14(17)18-15/h6-8,13H,4-5,9-12H2,1-3H3. The third-order valence-corrected chi connectivity index (χ3v) is 4.18. The van der Waals surface area contributed by atoms with Crippen LogP contribution in [0.2, 0.25) is 0 Å². The molecular weight excluding hydrogens is 283 g/mol. The van der Waals surface area contributed by atoms with Crippen molar-refractivity contribution in [2.75, 3.05) is 44.2 Å². The van der Waals surface area contributed by atoms with Crippen molar-refractivity contribution >= 4 is 11.7 Å². The van der Waals surface area contributed by atoms with Gasteiger partial charge in [0.15, 0.2) is 0 Å². The van der Waals surface area contributed by atoms with Gasteiger partial charge in [-0.15, -0.1) is 0 Å². The summed E-state index contributed by atoms with van der Waals surface area (Å²) in [5.74, 6) is 0.389. The first-order chi connectivity index (χ1) is 10.5. The molecule has 2 rings (SSSR count). The Morgan fingerprint density at radius 1 is 1.36 bits per heavy atom. The molecule has 0 aromatic carbocycles. The number of amides is 1. The second kappa shape index (κ2) is 7.54. The van der Waals surface area contributed by atoms with Crippen LogP contribution in [-0.4, -0.2) is 66.0 Å². The monoisotopic (exact) mass is 308 g/mol. The van der Waals surface area contributed by atoms with Gasteiger partial charge in [0.05, 0.1) is 6.54 Å². The van der Waals surface area contributed by atoms with E-state index in [1.54, 1.807) is 6.07 Å². The van der Waals surface area contributed by atoms with E-state index in [9.17, 15) is 9.18 Å². The molecule has 1 aliphatic heterocycles. The summed E-state index contributed by atoms with van der Waals surface area (Å²) in [6.07, 6.45) is 0. The quantitative estimate of drug-likeness (QED) is 0.775. The minimum atomic E-state index is -0.455. The van der Waals surface area contributed by atoms with E-state index in [0.29, 0.717) is 12.4 Å². The Hall–Kier alpha value is -1.69. The van der Waals surface area contributed by atoms with E-state index in [2.05, 4.69) is 21.7 Å². The van der Waals surface area contributed by atoms with Gasteiger partial charge in [0, 0.05) is 38.8 Å². The lowest BCUT2D eigenvalue weighted by atomic mass is 10.2. The first kappa shape index (κ1) is 16.7. The molecular formula is C16H25FN4O. The maximum absolute atomic E-state index is 13.3. The van der Waals surface area contributed by atoms with Crippen LogP contribution >= 0.6 is 0 Å². The smallest absolute Gasteiger partial charge is 0.236 e. The van der Waals surface area contributed by atoms with Gasteiger partial charge in [-0.2, -0.15) is 4.39 Å². The van der Waals surface area contributed by atoms with Crippen molar-refractivity contribution in [1.29, 1.82) is 0 Å². The molecule has 122 valence electrons. The zero-order valence-electron chi connectivity index (χ0n) is 13.6. The minimum absolute atomic E-state index is 0.175. The average Bonchev–Trinajstić information content (AvgIpc) is 2.48. The van der Waals surface area contributed by atoms with Crippen LogP contribution in [0.3, 0.4) is 0 Å². The average molecular weight is 308 g/mol. The Balaban J connectivity index is 1.94. The number of hydrogen-bond acceptors (Lipinski definition) is 4. The van der Waals surface area contributed by atoms with E-state index in [0.717, 1.165) is 32.7 Å². The van der Waals surface area contributed by atoms with E-state index in [1.807, 2.05) is 24.8 Å². The van der Waals surface area contributed by atoms with Gasteiger partial charge in [0.2, 0.25) is 11.9 Å². The zero-order valence-corrected chi connectivity index (χ0v) is 13.6. The summed E-state index contributed by atoms with van der Waals surface area (Å²) >= 11 is 0. The molecule has 0 radical (unpaired) electrons. The highest BCUT2D eigenvalue weighted by Crippen LogP contribution is 2.18. The minimum Gasteiger partial charge on any atom is -0.351 e. The molecule has 0 aliphatic carbocycles. The normalized spacial score (nSPS) is 19.3. The predicted octanol–water partition coefficient (Wildman–Crippen LogP) is 1.60. The van der Waals surface area contributed by atoms with Crippen LogP contribution in [0, 0.1) is 5.95 Å². The Morgan fingerprint density at radius 3 is 2.68 bits per heavy atom. The van der Waals surface area contributed by atoms with Gasteiger partial charge in [-0.25, -0.2) is 4.98 Å². The summed E-state index contributed by atoms with van der Waals surface area (Å²) in [6.45, 7) is 10.4. The van der Waals surface area contributed by atoms with Gasteiger partial charge in [-0.3, -0.25) is 9.69 Å². The van der Waals surface area contributed by atoms with Crippen molar-refractivity contribution in [3.05, 3.63) is 24.1 Å². The molecule has 1 aliphatic rings. The van der Waals surface area contributed by atoms with Crippen molar-refractivity contribution in [2.24, 2.45) is 0 Å². The lowest BCUT2D eigenvalue weighted by Gasteiger charge is -2.40. The van der Waals surface area contributed by atoms with Gasteiger partial charge < -0.3 is 9.80 Å². The summed E-state index contributed by atoms with van der Waals surface area (Å²) in [5, 5.41) is 0. The number of anilines is 1. The predicted molar refractivity (Wildman–Crippen MR) is 85.4 cm³/mol. The molecule has 2 heterocycles. The topological polar surface area (TPSA) is 39.7 Å². The number of aromatic nitrogens is 1. The van der Waals surface area contributed by atoms with Gasteiger partial charge in [0.1, 0.15) is 5.82 Å². The van der Waals surface area contributed by atoms with Crippen molar-refractivity contribution < 1.29 is 9.18 Å². The maximum atomic E-state index is 13.3. The largest absolute Gasteiger partial charge is 0.351 e. The number of rotatable bonds is 5. The third kappa shape index (κ3) is 3.94. The van der Waals surface area contributed by atoms with E-state index in [4.69, 9.17) is 0 Å². The fourth-order valence-electron chi connectivity index (χ4n) is 2.94. The number of pyridine rings is 1. The lowest BCUT2D eigenvalue weighted by Crippen LogP contribution is -2.54. The van der Waals surface area contributed by atoms with Crippen LogP contribution in [-0.2, 0) is 4.79 Å². The Bertz CT molecular complexity index is 507. The Morgan fingerprint density at radius 2 is 2.09 bits per heavy atom. The van der Waals surface area contributed by atoms with Crippen LogP contribution in [0.4, 0.5) is 10.2 Å². The van der Waals surface area contributed by atoms with Crippen LogP contribution in [0.15, 0.2) is 18.2 Å². The molecule has 1 saturated heterocycles. The lowest BCUT2D eigenvalue weighted by molar-refractivity contribution is -0.132. The Labute approximate surface area is 131 Å². The fraction of sp³-hybridized carbons (Fsp3) is 0.625. The third-order valence-electron chi connectivity index (χ3n) is 4.18. The second-order valence-corrected chi connectivity index (χ2v) is 5.66. The van der Waals surface area contributed by atoms with Crippen LogP contribution in [0.5, 0.6) is 0 Å². The number of hydrogen-bond donors (Lipinski definition) is 0. The van der Waals surface area contributed by atoms with Crippen molar-refractivity contribution in [1.82, 2.24) is 14.8 Å². The van der Waals surface area contributed by atoms with E-state index < -0.39 is 5.95 Å². The molecule has 0 bridgehead atoms. The number of nitrogens with zero attached hydrogens (tertiary/aromatic N) is 4. The molecule has 0 N–H and O–H groups in total. The number of halogens is 1. The van der Waals surface area contributed by atoms with Crippen LogP contribution in [0.25, 0.3) is 0 Å². The Kier molecular flexibility index (Phi) is 5.71. The summed E-state index contributed by atoms with van der Waals surface area (Å²) in [6, 6.07) is 5.07. The van der Waals surface area contributed by atoms with Crippen molar-refractivity contribution in [2.45, 2.75) is 26.8 Å². The molecule has 22 heavy (non-hydrogen) atoms. The fourth-order valence-corrected chi connectivity index (χ4v) is 2.94. The molecule has 0 saturated carbocycles. The molecule has 1 amide bonds. The maximum Gasteiger partial charge on any atom is 0.236 e. The zero-order chi connectivity index (χ0) is 16.1. The highest BCUT2D eigenvalue weighted by molar-refractivity contribution is 5.78. The van der Waals surface area contributed by atoms with Gasteiger partial charge >= 0.3 is 0 Å². The molecule has 1 aromatic rings. The highest BCUT2D eigenvalue weighted by Gasteiger charge is 2.26. The molecule has 1 unspecified atom stereocenters. The molecule has 5 nitrogen and oxygen atoms in total. The van der Waals surface area contributed by atoms with Gasteiger partial charge in [-0.05, 0) is 32.9 Å². The molecule has 0 spiro atoms. The first-order valence-electron chi connectivity index (χ1n) is 7.94. The highest BCUT2D eigenvalue weighted by atomic mass is 19.1. The van der Waals surface area contributed by atoms with Crippen molar-refractivity contribution in [3.63, 3.8) is 0 Å². The molecule has 1 aromatic heterocycles. The van der Waals surface area contributed by atoms with E-state index >= 15 is 0 Å². The van der Waals surface area contributed by atoms with E-state index in [-0.39, 0.29) is 11.9 Å². The number of carbonyl (C=O) groups is 1. The number of likely N-dealkylation sites (N-methyl/N-ethyl adjacent to an activating group) is 1. The van der Waals surface area contributed by atoms with Gasteiger partial charge in [0.25, 0.3) is 0 Å². The summed E-state index contributed by atoms with van der Waals surface area (Å²) in [4.78, 5) is 22.3. The number of carbonyl (C=O) groups excluding carboxylic acids is 1. The first-order valence-corrected chi connectivity index (χ1v) is 7.94. The summed E-state index contributed by atoms with van der Waals surface area (Å²) in [7, 11) is 0. The van der Waals surface area contributed by atoms with Crippen LogP contribution in [0.1, 0.15) is 20.8 Å². The number of piperazine rings is 1. The SMILES string of the molecule is CCN(CC)C(=O)CN1CCN(c2cccc(F)n2)C(C)C1. The van der Waals surface area contributed by atoms with Gasteiger partial charge in [-0.1, -0.05) is 6.07 Å². The second-order valence-electron chi connectivity index (χ2n) is 5.66. The van der Waals surface area contributed by atoms with Crippen LogP contribution < -0.4 is 4.90 Å². The van der Waals surface area contributed by atoms with Crippen molar-refractivity contribution in [3.8, 4) is 0 Å². The summed E-state index contributed by atoms with van der Waals surface area (Å²) in [5.41, 5.74) is 0. The molecule has 1 fully saturated rings. The van der Waals surface area contributed by atoms with E-state index in [1.165, 1.54) is 6.07 Å².